The first kappa shape index (κ1) is 15.0. The van der Waals surface area contributed by atoms with Crippen LogP contribution in [0.5, 0.6) is 0 Å². The summed E-state index contributed by atoms with van der Waals surface area (Å²) in [5.41, 5.74) is 0.534. The van der Waals surface area contributed by atoms with Crippen molar-refractivity contribution in [2.75, 3.05) is 26.8 Å². The molecular weight excluding hydrogens is 210 g/mol. The maximum absolute atomic E-state index is 5.47. The zero-order valence-corrected chi connectivity index (χ0v) is 12.1. The molecule has 0 aromatic carbocycles. The van der Waals surface area contributed by atoms with Crippen LogP contribution in [0.25, 0.3) is 0 Å². The molecule has 0 saturated carbocycles. The lowest BCUT2D eigenvalue weighted by molar-refractivity contribution is 0.0432. The molecule has 102 valence electrons. The summed E-state index contributed by atoms with van der Waals surface area (Å²) in [4.78, 5) is 0. The maximum Gasteiger partial charge on any atom is 0.0468 e. The lowest BCUT2D eigenvalue weighted by atomic mass is 9.72. The minimum absolute atomic E-state index is 0.534. The highest BCUT2D eigenvalue weighted by Gasteiger charge is 2.30. The van der Waals surface area contributed by atoms with Crippen LogP contribution >= 0.6 is 0 Å². The predicted molar refractivity (Wildman–Crippen MR) is 74.3 cm³/mol. The van der Waals surface area contributed by atoms with Crippen LogP contribution in [0.15, 0.2) is 0 Å². The van der Waals surface area contributed by atoms with Crippen LogP contribution in [0.1, 0.15) is 58.8 Å². The Kier molecular flexibility index (Phi) is 7.14. The van der Waals surface area contributed by atoms with E-state index < -0.39 is 0 Å². The largest absolute Gasteiger partial charge is 0.381 e. The van der Waals surface area contributed by atoms with Gasteiger partial charge in [0.05, 0.1) is 0 Å². The normalized spacial score (nSPS) is 21.4. The van der Waals surface area contributed by atoms with E-state index in [4.69, 9.17) is 4.74 Å². The fourth-order valence-electron chi connectivity index (χ4n) is 3.20. The molecule has 1 unspecified atom stereocenters. The summed E-state index contributed by atoms with van der Waals surface area (Å²) in [7, 11) is 2.10. The molecular formula is C15H31NO. The van der Waals surface area contributed by atoms with E-state index in [1.54, 1.807) is 0 Å². The third-order valence-electron chi connectivity index (χ3n) is 4.42. The number of hydrogen-bond donors (Lipinski definition) is 1. The molecule has 1 aliphatic rings. The second-order valence-electron chi connectivity index (χ2n) is 5.75. The third kappa shape index (κ3) is 4.97. The van der Waals surface area contributed by atoms with E-state index in [0.29, 0.717) is 5.41 Å². The van der Waals surface area contributed by atoms with Gasteiger partial charge in [0, 0.05) is 19.8 Å². The van der Waals surface area contributed by atoms with E-state index in [1.807, 2.05) is 0 Å². The Morgan fingerprint density at radius 1 is 1.24 bits per heavy atom. The number of nitrogens with one attached hydrogen (secondary N) is 1. The van der Waals surface area contributed by atoms with Crippen LogP contribution < -0.4 is 5.32 Å². The van der Waals surface area contributed by atoms with Gasteiger partial charge in [0.15, 0.2) is 0 Å². The van der Waals surface area contributed by atoms with Crippen LogP contribution in [0.2, 0.25) is 0 Å². The molecule has 0 amide bonds. The summed E-state index contributed by atoms with van der Waals surface area (Å²) in [6.45, 7) is 7.82. The SMILES string of the molecule is CCCCC(CC)(CNC)CC1CCOCC1. The van der Waals surface area contributed by atoms with Crippen molar-refractivity contribution in [3.8, 4) is 0 Å². The van der Waals surface area contributed by atoms with Gasteiger partial charge in [-0.25, -0.2) is 0 Å². The fraction of sp³-hybridized carbons (Fsp3) is 1.00. The summed E-state index contributed by atoms with van der Waals surface area (Å²) < 4.78 is 5.47. The lowest BCUT2D eigenvalue weighted by Gasteiger charge is -2.37. The van der Waals surface area contributed by atoms with Crippen molar-refractivity contribution in [3.63, 3.8) is 0 Å². The Balaban J connectivity index is 2.52. The van der Waals surface area contributed by atoms with Crippen molar-refractivity contribution in [1.82, 2.24) is 5.32 Å². The standard InChI is InChI=1S/C15H31NO/c1-4-6-9-15(5-2,13-16-3)12-14-7-10-17-11-8-14/h14,16H,4-13H2,1-3H3. The molecule has 0 aromatic rings. The van der Waals surface area contributed by atoms with Gasteiger partial charge >= 0.3 is 0 Å². The summed E-state index contributed by atoms with van der Waals surface area (Å²) >= 11 is 0. The van der Waals surface area contributed by atoms with E-state index in [-0.39, 0.29) is 0 Å². The predicted octanol–water partition coefficient (Wildman–Crippen LogP) is 3.61. The zero-order chi connectivity index (χ0) is 12.6. The molecule has 1 heterocycles. The highest BCUT2D eigenvalue weighted by molar-refractivity contribution is 4.83. The van der Waals surface area contributed by atoms with Crippen LogP contribution in [0, 0.1) is 11.3 Å². The summed E-state index contributed by atoms with van der Waals surface area (Å²) in [5.74, 6) is 0.897. The van der Waals surface area contributed by atoms with E-state index in [9.17, 15) is 0 Å². The zero-order valence-electron chi connectivity index (χ0n) is 12.1. The van der Waals surface area contributed by atoms with Gasteiger partial charge in [0.1, 0.15) is 0 Å². The van der Waals surface area contributed by atoms with Gasteiger partial charge in [-0.1, -0.05) is 26.7 Å². The van der Waals surface area contributed by atoms with Gasteiger partial charge in [-0.05, 0) is 50.5 Å². The van der Waals surface area contributed by atoms with Gasteiger partial charge in [-0.15, -0.1) is 0 Å². The monoisotopic (exact) mass is 241 g/mol. The van der Waals surface area contributed by atoms with Crippen molar-refractivity contribution in [2.24, 2.45) is 11.3 Å². The summed E-state index contributed by atoms with van der Waals surface area (Å²) in [6, 6.07) is 0. The molecule has 1 saturated heterocycles. The van der Waals surface area contributed by atoms with Crippen molar-refractivity contribution >= 4 is 0 Å². The molecule has 2 nitrogen and oxygen atoms in total. The molecule has 2 heteroatoms. The topological polar surface area (TPSA) is 21.3 Å². The number of unbranched alkanes of at least 4 members (excludes halogenated alkanes) is 1. The molecule has 0 aliphatic carbocycles. The first-order valence-corrected chi connectivity index (χ1v) is 7.48. The quantitative estimate of drug-likeness (QED) is 0.701. The van der Waals surface area contributed by atoms with Crippen molar-refractivity contribution in [2.45, 2.75) is 58.8 Å². The van der Waals surface area contributed by atoms with Crippen LogP contribution in [-0.4, -0.2) is 26.8 Å². The second kappa shape index (κ2) is 8.10. The summed E-state index contributed by atoms with van der Waals surface area (Å²) in [5, 5.41) is 3.43. The van der Waals surface area contributed by atoms with Crippen molar-refractivity contribution in [1.29, 1.82) is 0 Å². The Morgan fingerprint density at radius 3 is 2.47 bits per heavy atom. The third-order valence-corrected chi connectivity index (χ3v) is 4.42. The number of rotatable bonds is 8. The van der Waals surface area contributed by atoms with Gasteiger partial charge in [-0.2, -0.15) is 0 Å². The first-order valence-electron chi connectivity index (χ1n) is 7.48. The van der Waals surface area contributed by atoms with Gasteiger partial charge in [-0.3, -0.25) is 0 Å². The van der Waals surface area contributed by atoms with Crippen LogP contribution in [0.3, 0.4) is 0 Å². The van der Waals surface area contributed by atoms with Crippen LogP contribution in [0.4, 0.5) is 0 Å². The number of hydrogen-bond acceptors (Lipinski definition) is 2. The molecule has 0 bridgehead atoms. The molecule has 17 heavy (non-hydrogen) atoms. The van der Waals surface area contributed by atoms with Crippen molar-refractivity contribution < 1.29 is 4.74 Å². The Labute approximate surface area is 108 Å². The molecule has 0 radical (unpaired) electrons. The Morgan fingerprint density at radius 2 is 1.94 bits per heavy atom. The average Bonchev–Trinajstić information content (AvgIpc) is 2.37. The van der Waals surface area contributed by atoms with E-state index in [2.05, 4.69) is 26.2 Å². The molecule has 1 aliphatic heterocycles. The van der Waals surface area contributed by atoms with Crippen molar-refractivity contribution in [3.05, 3.63) is 0 Å². The Hall–Kier alpha value is -0.0800. The smallest absolute Gasteiger partial charge is 0.0468 e. The minimum Gasteiger partial charge on any atom is -0.381 e. The van der Waals surface area contributed by atoms with Gasteiger partial charge < -0.3 is 10.1 Å². The minimum atomic E-state index is 0.534. The van der Waals surface area contributed by atoms with Crippen LogP contribution in [-0.2, 0) is 4.74 Å². The average molecular weight is 241 g/mol. The van der Waals surface area contributed by atoms with Gasteiger partial charge in [0.25, 0.3) is 0 Å². The van der Waals surface area contributed by atoms with E-state index in [0.717, 1.165) is 19.1 Å². The molecule has 1 fully saturated rings. The molecule has 1 rings (SSSR count). The fourth-order valence-corrected chi connectivity index (χ4v) is 3.20. The number of ether oxygens (including phenoxy) is 1. The molecule has 0 aromatic heterocycles. The molecule has 0 spiro atoms. The summed E-state index contributed by atoms with van der Waals surface area (Å²) in [6.07, 6.45) is 9.34. The highest BCUT2D eigenvalue weighted by atomic mass is 16.5. The lowest BCUT2D eigenvalue weighted by Crippen LogP contribution is -2.35. The molecule has 1 atom stereocenters. The second-order valence-corrected chi connectivity index (χ2v) is 5.75. The highest BCUT2D eigenvalue weighted by Crippen LogP contribution is 2.38. The van der Waals surface area contributed by atoms with E-state index in [1.165, 1.54) is 51.5 Å². The van der Waals surface area contributed by atoms with Gasteiger partial charge in [0.2, 0.25) is 0 Å². The van der Waals surface area contributed by atoms with E-state index >= 15 is 0 Å². The first-order chi connectivity index (χ1) is 8.26. The molecule has 1 N–H and O–H groups in total. The maximum atomic E-state index is 5.47. The Bertz CT molecular complexity index is 189.